The third kappa shape index (κ3) is 2.69. The van der Waals surface area contributed by atoms with E-state index < -0.39 is 0 Å². The van der Waals surface area contributed by atoms with Crippen LogP contribution in [0.3, 0.4) is 0 Å². The number of thiophene rings is 1. The van der Waals surface area contributed by atoms with Gasteiger partial charge in [-0.15, -0.1) is 11.3 Å². The predicted octanol–water partition coefficient (Wildman–Crippen LogP) is 3.34. The zero-order chi connectivity index (χ0) is 18.1. The van der Waals surface area contributed by atoms with E-state index in [4.69, 9.17) is 9.47 Å². The number of nitrogens with one attached hydrogen (secondary N) is 1. The molecule has 1 aliphatic rings. The lowest BCUT2D eigenvalue weighted by Gasteiger charge is -2.24. The highest BCUT2D eigenvalue weighted by Crippen LogP contribution is 2.43. The van der Waals surface area contributed by atoms with Crippen molar-refractivity contribution < 1.29 is 14.3 Å². The minimum atomic E-state index is -0.150. The molecule has 0 saturated carbocycles. The summed E-state index contributed by atoms with van der Waals surface area (Å²) in [6.45, 7) is 1.02. The van der Waals surface area contributed by atoms with Crippen molar-refractivity contribution >= 4 is 17.2 Å². The van der Waals surface area contributed by atoms with Crippen LogP contribution in [0.25, 0.3) is 11.3 Å². The van der Waals surface area contributed by atoms with Gasteiger partial charge < -0.3 is 14.4 Å². The zero-order valence-electron chi connectivity index (χ0n) is 14.6. The smallest absolute Gasteiger partial charge is 0.273 e. The fourth-order valence-corrected chi connectivity index (χ4v) is 4.17. The Morgan fingerprint density at radius 2 is 2.04 bits per heavy atom. The summed E-state index contributed by atoms with van der Waals surface area (Å²) in [5.41, 5.74) is 3.24. The number of fused-ring (bicyclic) bond motifs is 1. The molecule has 3 heterocycles. The molecule has 1 atom stereocenters. The molecule has 1 N–H and O–H groups in total. The number of aromatic nitrogens is 2. The maximum absolute atomic E-state index is 12.9. The summed E-state index contributed by atoms with van der Waals surface area (Å²) >= 11 is 1.64. The van der Waals surface area contributed by atoms with Crippen LogP contribution in [0, 0.1) is 0 Å². The zero-order valence-corrected chi connectivity index (χ0v) is 15.4. The lowest BCUT2D eigenvalue weighted by Crippen LogP contribution is -2.32. The van der Waals surface area contributed by atoms with Crippen molar-refractivity contribution in [2.45, 2.75) is 6.04 Å². The molecule has 2 aromatic heterocycles. The third-order valence-electron chi connectivity index (χ3n) is 4.58. The Kier molecular flexibility index (Phi) is 4.48. The van der Waals surface area contributed by atoms with Gasteiger partial charge in [0.25, 0.3) is 5.91 Å². The summed E-state index contributed by atoms with van der Waals surface area (Å²) in [5.74, 6) is 0.747. The van der Waals surface area contributed by atoms with Gasteiger partial charge in [0.15, 0.2) is 0 Å². The monoisotopic (exact) mass is 369 g/mol. The van der Waals surface area contributed by atoms with Gasteiger partial charge in [0.2, 0.25) is 0 Å². The Labute approximate surface area is 155 Å². The highest BCUT2D eigenvalue weighted by molar-refractivity contribution is 7.10. The average molecular weight is 369 g/mol. The van der Waals surface area contributed by atoms with Crippen molar-refractivity contribution in [3.63, 3.8) is 0 Å². The quantitative estimate of drug-likeness (QED) is 0.724. The molecule has 0 saturated heterocycles. The molecule has 0 aliphatic carbocycles. The molecule has 0 fully saturated rings. The maximum atomic E-state index is 12.9. The number of benzene rings is 1. The van der Waals surface area contributed by atoms with Gasteiger partial charge >= 0.3 is 0 Å². The van der Waals surface area contributed by atoms with Crippen LogP contribution < -0.4 is 4.74 Å². The molecule has 6 nitrogen and oxygen atoms in total. The first-order valence-electron chi connectivity index (χ1n) is 8.30. The Balaban J connectivity index is 1.80. The number of hydrogen-bond acceptors (Lipinski definition) is 5. The summed E-state index contributed by atoms with van der Waals surface area (Å²) in [5, 5.41) is 9.43. The minimum Gasteiger partial charge on any atom is -0.497 e. The standard InChI is InChI=1S/C19H19N3O3S/c1-24-10-9-22-18(14-4-3-11-26-14)15-16(20-21-17(15)19(22)23)12-5-7-13(25-2)8-6-12/h3-8,11,18H,9-10H2,1-2H3,(H,20,21). The van der Waals surface area contributed by atoms with Gasteiger partial charge in [0.1, 0.15) is 11.4 Å². The number of amides is 1. The van der Waals surface area contributed by atoms with Crippen LogP contribution in [0.15, 0.2) is 41.8 Å². The highest BCUT2D eigenvalue weighted by Gasteiger charge is 2.42. The van der Waals surface area contributed by atoms with Crippen molar-refractivity contribution in [1.82, 2.24) is 15.1 Å². The van der Waals surface area contributed by atoms with E-state index in [0.29, 0.717) is 18.8 Å². The van der Waals surface area contributed by atoms with Crippen molar-refractivity contribution in [1.29, 1.82) is 0 Å². The lowest BCUT2D eigenvalue weighted by molar-refractivity contribution is 0.0680. The molecule has 1 aliphatic heterocycles. The number of H-pyrrole nitrogens is 1. The summed E-state index contributed by atoms with van der Waals surface area (Å²) in [7, 11) is 3.28. The Hall–Kier alpha value is -2.64. The van der Waals surface area contributed by atoms with E-state index in [1.54, 1.807) is 25.6 Å². The molecule has 1 unspecified atom stereocenters. The fourth-order valence-electron chi connectivity index (χ4n) is 3.33. The van der Waals surface area contributed by atoms with Gasteiger partial charge in [0.05, 0.1) is 25.5 Å². The van der Waals surface area contributed by atoms with Gasteiger partial charge in [-0.25, -0.2) is 0 Å². The van der Waals surface area contributed by atoms with Gasteiger partial charge in [-0.05, 0) is 35.7 Å². The van der Waals surface area contributed by atoms with Gasteiger partial charge in [-0.1, -0.05) is 6.07 Å². The normalized spacial score (nSPS) is 16.2. The molecule has 0 bridgehead atoms. The van der Waals surface area contributed by atoms with E-state index in [1.807, 2.05) is 40.6 Å². The molecule has 3 aromatic rings. The largest absolute Gasteiger partial charge is 0.497 e. The molecule has 26 heavy (non-hydrogen) atoms. The highest BCUT2D eigenvalue weighted by atomic mass is 32.1. The molecule has 4 rings (SSSR count). The van der Waals surface area contributed by atoms with Crippen LogP contribution in [0.2, 0.25) is 0 Å². The van der Waals surface area contributed by atoms with E-state index in [-0.39, 0.29) is 11.9 Å². The second kappa shape index (κ2) is 6.93. The van der Waals surface area contributed by atoms with E-state index in [2.05, 4.69) is 16.3 Å². The summed E-state index contributed by atoms with van der Waals surface area (Å²) in [6.07, 6.45) is 0. The van der Waals surface area contributed by atoms with Crippen LogP contribution in [-0.2, 0) is 4.74 Å². The number of rotatable bonds is 6. The topological polar surface area (TPSA) is 67.5 Å². The summed E-state index contributed by atoms with van der Waals surface area (Å²) in [4.78, 5) is 15.9. The molecule has 1 amide bonds. The second-order valence-electron chi connectivity index (χ2n) is 6.00. The number of carbonyl (C=O) groups is 1. The maximum Gasteiger partial charge on any atom is 0.273 e. The molecular formula is C19H19N3O3S. The molecule has 1 aromatic carbocycles. The Morgan fingerprint density at radius 3 is 2.69 bits per heavy atom. The number of carbonyl (C=O) groups excluding carboxylic acids is 1. The number of hydrogen-bond donors (Lipinski definition) is 1. The van der Waals surface area contributed by atoms with Crippen molar-refractivity contribution in [3.05, 3.63) is 57.9 Å². The van der Waals surface area contributed by atoms with E-state index in [1.165, 1.54) is 0 Å². The van der Waals surface area contributed by atoms with Crippen LogP contribution >= 0.6 is 11.3 Å². The SMILES string of the molecule is COCCN1C(=O)c2[nH]nc(-c3ccc(OC)cc3)c2C1c1cccs1. The van der Waals surface area contributed by atoms with Crippen LogP contribution in [0.1, 0.15) is 27.0 Å². The first-order chi connectivity index (χ1) is 12.7. The summed E-state index contributed by atoms with van der Waals surface area (Å²) in [6, 6.07) is 11.6. The van der Waals surface area contributed by atoms with Gasteiger partial charge in [-0.3, -0.25) is 9.89 Å². The predicted molar refractivity (Wildman–Crippen MR) is 99.7 cm³/mol. The molecular weight excluding hydrogens is 350 g/mol. The number of aromatic amines is 1. The molecule has 0 spiro atoms. The van der Waals surface area contributed by atoms with Crippen LogP contribution in [-0.4, -0.2) is 48.4 Å². The van der Waals surface area contributed by atoms with Crippen LogP contribution in [0.5, 0.6) is 5.75 Å². The van der Waals surface area contributed by atoms with E-state index in [9.17, 15) is 4.79 Å². The van der Waals surface area contributed by atoms with Crippen molar-refractivity contribution in [3.8, 4) is 17.0 Å². The second-order valence-corrected chi connectivity index (χ2v) is 6.98. The first-order valence-corrected chi connectivity index (χ1v) is 9.18. The number of methoxy groups -OCH3 is 2. The summed E-state index contributed by atoms with van der Waals surface area (Å²) < 4.78 is 10.4. The number of ether oxygens (including phenoxy) is 2. The number of nitrogens with zero attached hydrogens (tertiary/aromatic N) is 2. The van der Waals surface area contributed by atoms with Crippen LogP contribution in [0.4, 0.5) is 0 Å². The van der Waals surface area contributed by atoms with Crippen molar-refractivity contribution in [2.24, 2.45) is 0 Å². The van der Waals surface area contributed by atoms with Gasteiger partial charge in [-0.2, -0.15) is 5.10 Å². The van der Waals surface area contributed by atoms with Crippen molar-refractivity contribution in [2.75, 3.05) is 27.4 Å². The van der Waals surface area contributed by atoms with E-state index >= 15 is 0 Å². The fraction of sp³-hybridized carbons (Fsp3) is 0.263. The molecule has 7 heteroatoms. The third-order valence-corrected chi connectivity index (χ3v) is 5.50. The lowest BCUT2D eigenvalue weighted by atomic mass is 10.0. The Morgan fingerprint density at radius 1 is 1.23 bits per heavy atom. The minimum absolute atomic E-state index is 0.0392. The average Bonchev–Trinajstić information content (AvgIpc) is 3.39. The molecule has 134 valence electrons. The first kappa shape index (κ1) is 16.8. The van der Waals surface area contributed by atoms with Gasteiger partial charge in [0, 0.05) is 29.7 Å². The Bertz CT molecular complexity index is 903. The van der Waals surface area contributed by atoms with E-state index in [0.717, 1.165) is 27.4 Å². The molecule has 0 radical (unpaired) electrons.